The van der Waals surface area contributed by atoms with Gasteiger partial charge in [-0.1, -0.05) is 78.9 Å². The molecule has 0 bridgehead atoms. The minimum absolute atomic E-state index is 0.0997. The van der Waals surface area contributed by atoms with Crippen LogP contribution in [-0.2, 0) is 14.3 Å². The zero-order chi connectivity index (χ0) is 21.8. The molecule has 3 N–H and O–H groups in total. The maximum absolute atomic E-state index is 12.7. The van der Waals surface area contributed by atoms with Crippen molar-refractivity contribution in [2.24, 2.45) is 11.7 Å². The molecular weight excluding hydrogens is 390 g/mol. The molecule has 0 spiro atoms. The standard InChI is InChI=1S/C26H25NO4/c27-24(17-8-2-1-3-9-17)15-14-22(25(28)29)26(30)31-16-23-20-12-6-4-10-18(20)19-11-5-7-13-21(19)23/h1-13,22-24H,14-16,27H2,(H,28,29)/t22-,24-/m1/s1. The highest BCUT2D eigenvalue weighted by Crippen LogP contribution is 2.44. The number of nitrogens with two attached hydrogens (primary N) is 1. The van der Waals surface area contributed by atoms with Crippen molar-refractivity contribution in [2.45, 2.75) is 24.8 Å². The van der Waals surface area contributed by atoms with Gasteiger partial charge in [0.15, 0.2) is 5.92 Å². The maximum atomic E-state index is 12.7. The third-order valence-corrected chi connectivity index (χ3v) is 5.93. The lowest BCUT2D eigenvalue weighted by molar-refractivity contribution is -0.159. The monoisotopic (exact) mass is 415 g/mol. The highest BCUT2D eigenvalue weighted by atomic mass is 16.5. The van der Waals surface area contributed by atoms with Crippen LogP contribution in [0.15, 0.2) is 78.9 Å². The molecule has 0 unspecified atom stereocenters. The Morgan fingerprint density at radius 3 is 1.97 bits per heavy atom. The fraction of sp³-hybridized carbons (Fsp3) is 0.231. The van der Waals surface area contributed by atoms with E-state index in [0.717, 1.165) is 27.8 Å². The van der Waals surface area contributed by atoms with Crippen molar-refractivity contribution < 1.29 is 19.4 Å². The number of benzene rings is 3. The van der Waals surface area contributed by atoms with Gasteiger partial charge in [0.2, 0.25) is 0 Å². The molecule has 1 aliphatic carbocycles. The van der Waals surface area contributed by atoms with Crippen LogP contribution in [-0.4, -0.2) is 23.7 Å². The molecule has 31 heavy (non-hydrogen) atoms. The number of carboxylic acid groups (broad SMARTS) is 1. The first-order chi connectivity index (χ1) is 15.1. The van der Waals surface area contributed by atoms with Gasteiger partial charge >= 0.3 is 11.9 Å². The van der Waals surface area contributed by atoms with E-state index in [0.29, 0.717) is 6.42 Å². The van der Waals surface area contributed by atoms with Crippen LogP contribution in [0.5, 0.6) is 0 Å². The second-order valence-electron chi connectivity index (χ2n) is 7.84. The molecule has 0 aromatic heterocycles. The zero-order valence-electron chi connectivity index (χ0n) is 17.1. The number of rotatable bonds is 8. The van der Waals surface area contributed by atoms with Gasteiger partial charge in [0.1, 0.15) is 6.61 Å². The average molecular weight is 415 g/mol. The molecule has 0 fully saturated rings. The van der Waals surface area contributed by atoms with Crippen molar-refractivity contribution in [1.29, 1.82) is 0 Å². The summed E-state index contributed by atoms with van der Waals surface area (Å²) < 4.78 is 5.54. The summed E-state index contributed by atoms with van der Waals surface area (Å²) in [5, 5.41) is 9.59. The molecule has 0 heterocycles. The summed E-state index contributed by atoms with van der Waals surface area (Å²) in [5.74, 6) is -3.23. The predicted molar refractivity (Wildman–Crippen MR) is 118 cm³/mol. The Bertz CT molecular complexity index is 1030. The van der Waals surface area contributed by atoms with Crippen molar-refractivity contribution in [3.8, 4) is 11.1 Å². The van der Waals surface area contributed by atoms with Crippen LogP contribution in [0, 0.1) is 5.92 Å². The summed E-state index contributed by atoms with van der Waals surface area (Å²) in [4.78, 5) is 24.4. The van der Waals surface area contributed by atoms with Gasteiger partial charge in [-0.05, 0) is 40.7 Å². The van der Waals surface area contributed by atoms with Crippen LogP contribution in [0.4, 0.5) is 0 Å². The molecule has 0 saturated heterocycles. The van der Waals surface area contributed by atoms with E-state index in [4.69, 9.17) is 10.5 Å². The van der Waals surface area contributed by atoms with Gasteiger partial charge in [-0.2, -0.15) is 0 Å². The molecule has 0 amide bonds. The molecule has 0 aliphatic heterocycles. The summed E-state index contributed by atoms with van der Waals surface area (Å²) >= 11 is 0. The number of carbonyl (C=O) groups excluding carboxylic acids is 1. The Hall–Kier alpha value is -3.44. The van der Waals surface area contributed by atoms with Gasteiger partial charge in [0, 0.05) is 12.0 Å². The highest BCUT2D eigenvalue weighted by Gasteiger charge is 2.32. The SMILES string of the molecule is N[C@H](CC[C@H](C(=O)O)C(=O)OCC1c2ccccc2-c2ccccc21)c1ccccc1. The first-order valence-electron chi connectivity index (χ1n) is 10.4. The Morgan fingerprint density at radius 2 is 1.39 bits per heavy atom. The predicted octanol–water partition coefficient (Wildman–Crippen LogP) is 4.52. The molecule has 0 saturated carbocycles. The third kappa shape index (κ3) is 4.37. The average Bonchev–Trinajstić information content (AvgIpc) is 3.12. The summed E-state index contributed by atoms with van der Waals surface area (Å²) in [7, 11) is 0. The van der Waals surface area contributed by atoms with Crippen LogP contribution in [0.2, 0.25) is 0 Å². The molecule has 5 nitrogen and oxygen atoms in total. The van der Waals surface area contributed by atoms with E-state index in [1.165, 1.54) is 0 Å². The quantitative estimate of drug-likeness (QED) is 0.417. The minimum atomic E-state index is -1.23. The van der Waals surface area contributed by atoms with E-state index in [2.05, 4.69) is 12.1 Å². The van der Waals surface area contributed by atoms with Gasteiger partial charge in [0.05, 0.1) is 0 Å². The number of ether oxygens (including phenoxy) is 1. The molecule has 0 radical (unpaired) electrons. The van der Waals surface area contributed by atoms with Crippen molar-refractivity contribution in [3.05, 3.63) is 95.6 Å². The second kappa shape index (κ2) is 9.14. The lowest BCUT2D eigenvalue weighted by atomic mass is 9.96. The number of carbonyl (C=O) groups is 2. The molecule has 3 aromatic carbocycles. The molecule has 2 atom stereocenters. The Morgan fingerprint density at radius 1 is 0.839 bits per heavy atom. The number of fused-ring (bicyclic) bond motifs is 3. The number of hydrogen-bond donors (Lipinski definition) is 2. The Balaban J connectivity index is 1.42. The minimum Gasteiger partial charge on any atom is -0.481 e. The van der Waals surface area contributed by atoms with E-state index in [1.807, 2.05) is 66.7 Å². The third-order valence-electron chi connectivity index (χ3n) is 5.93. The second-order valence-corrected chi connectivity index (χ2v) is 7.84. The van der Waals surface area contributed by atoms with Crippen LogP contribution < -0.4 is 5.73 Å². The van der Waals surface area contributed by atoms with E-state index < -0.39 is 17.9 Å². The normalized spacial score (nSPS) is 14.4. The highest BCUT2D eigenvalue weighted by molar-refractivity contribution is 5.94. The fourth-order valence-electron chi connectivity index (χ4n) is 4.26. The summed E-state index contributed by atoms with van der Waals surface area (Å²) in [6.45, 7) is 0.112. The van der Waals surface area contributed by atoms with E-state index in [9.17, 15) is 14.7 Å². The van der Waals surface area contributed by atoms with Gasteiger partial charge in [0.25, 0.3) is 0 Å². The first kappa shape index (κ1) is 20.8. The van der Waals surface area contributed by atoms with Crippen LogP contribution in [0.1, 0.15) is 41.5 Å². The fourth-order valence-corrected chi connectivity index (χ4v) is 4.26. The molecule has 5 heteroatoms. The number of hydrogen-bond acceptors (Lipinski definition) is 4. The summed E-state index contributed by atoms with van der Waals surface area (Å²) in [6, 6.07) is 25.2. The molecule has 3 aromatic rings. The Labute approximate surface area is 181 Å². The molecule has 4 rings (SSSR count). The number of esters is 1. The molecular formula is C26H25NO4. The van der Waals surface area contributed by atoms with Crippen molar-refractivity contribution in [2.75, 3.05) is 6.61 Å². The largest absolute Gasteiger partial charge is 0.481 e. The topological polar surface area (TPSA) is 89.6 Å². The van der Waals surface area contributed by atoms with Gasteiger partial charge in [-0.25, -0.2) is 0 Å². The molecule has 1 aliphatic rings. The van der Waals surface area contributed by atoms with Crippen LogP contribution >= 0.6 is 0 Å². The van der Waals surface area contributed by atoms with E-state index in [-0.39, 0.29) is 25.0 Å². The molecule has 158 valence electrons. The van der Waals surface area contributed by atoms with Crippen molar-refractivity contribution in [1.82, 2.24) is 0 Å². The zero-order valence-corrected chi connectivity index (χ0v) is 17.1. The van der Waals surface area contributed by atoms with Gasteiger partial charge in [-0.3, -0.25) is 9.59 Å². The van der Waals surface area contributed by atoms with Crippen molar-refractivity contribution >= 4 is 11.9 Å². The summed E-state index contributed by atoms with van der Waals surface area (Å²) in [6.07, 6.45) is 0.507. The maximum Gasteiger partial charge on any atom is 0.320 e. The Kier molecular flexibility index (Phi) is 6.14. The van der Waals surface area contributed by atoms with Crippen LogP contribution in [0.3, 0.4) is 0 Å². The lowest BCUT2D eigenvalue weighted by Gasteiger charge is -2.18. The van der Waals surface area contributed by atoms with Crippen molar-refractivity contribution in [3.63, 3.8) is 0 Å². The number of carboxylic acids is 1. The van der Waals surface area contributed by atoms with Gasteiger partial charge < -0.3 is 15.6 Å². The lowest BCUT2D eigenvalue weighted by Crippen LogP contribution is -2.28. The van der Waals surface area contributed by atoms with Crippen LogP contribution in [0.25, 0.3) is 11.1 Å². The van der Waals surface area contributed by atoms with Gasteiger partial charge in [-0.15, -0.1) is 0 Å². The van der Waals surface area contributed by atoms with E-state index in [1.54, 1.807) is 0 Å². The van der Waals surface area contributed by atoms with E-state index >= 15 is 0 Å². The smallest absolute Gasteiger partial charge is 0.320 e. The first-order valence-corrected chi connectivity index (χ1v) is 10.4. The number of aliphatic carboxylic acids is 1. The summed E-state index contributed by atoms with van der Waals surface area (Å²) in [5.41, 5.74) is 11.5.